The predicted molar refractivity (Wildman–Crippen MR) is 177 cm³/mol. The molecule has 0 radical (unpaired) electrons. The minimum Gasteiger partial charge on any atom is -0.477 e. The average Bonchev–Trinajstić information content (AvgIpc) is 3.62. The summed E-state index contributed by atoms with van der Waals surface area (Å²) in [6, 6.07) is -1.09. The number of thiazole rings is 1. The van der Waals surface area contributed by atoms with Gasteiger partial charge in [-0.2, -0.15) is 0 Å². The Morgan fingerprint density at radius 1 is 1.16 bits per heavy atom. The van der Waals surface area contributed by atoms with E-state index in [1.165, 1.54) is 33.6 Å². The SMILES string of the molecule is CC(C)(C)OC(=O)CON=C(C(=O)NC1C(=O)N2C(C(=O)O)=C(CSc3nnnn3CCNC(=O)OC(C)(C)C)CS[C@H]12)c1csc(N)n1. The molecule has 2 aliphatic heterocycles. The van der Waals surface area contributed by atoms with Crippen LogP contribution in [-0.2, 0) is 40.0 Å². The fraction of sp³-hybridized carbons (Fsp3) is 0.556. The van der Waals surface area contributed by atoms with Crippen molar-refractivity contribution in [1.29, 1.82) is 0 Å². The van der Waals surface area contributed by atoms with Crippen molar-refractivity contribution in [2.75, 3.05) is 30.4 Å². The highest BCUT2D eigenvalue weighted by Crippen LogP contribution is 2.41. The lowest BCUT2D eigenvalue weighted by Gasteiger charge is -2.49. The van der Waals surface area contributed by atoms with Gasteiger partial charge >= 0.3 is 18.0 Å². The van der Waals surface area contributed by atoms with Crippen molar-refractivity contribution in [2.45, 2.75) is 75.9 Å². The number of alkyl carbamates (subject to hydrolysis) is 1. The molecular weight excluding hydrogens is 705 g/mol. The number of aromatic nitrogens is 5. The molecule has 22 heteroatoms. The van der Waals surface area contributed by atoms with Gasteiger partial charge in [0, 0.05) is 23.4 Å². The molecule has 2 aliphatic rings. The van der Waals surface area contributed by atoms with E-state index < -0.39 is 59.1 Å². The minimum atomic E-state index is -1.31. The number of hydrogen-bond donors (Lipinski definition) is 4. The molecule has 4 rings (SSSR count). The van der Waals surface area contributed by atoms with Crippen LogP contribution in [0.15, 0.2) is 27.0 Å². The van der Waals surface area contributed by atoms with Crippen LogP contribution < -0.4 is 16.4 Å². The quantitative estimate of drug-likeness (QED) is 0.0729. The van der Waals surface area contributed by atoms with Gasteiger partial charge in [0.25, 0.3) is 11.8 Å². The van der Waals surface area contributed by atoms with Gasteiger partial charge in [0.05, 0.1) is 6.54 Å². The van der Waals surface area contributed by atoms with Crippen LogP contribution in [0.2, 0.25) is 0 Å². The van der Waals surface area contributed by atoms with Crippen LogP contribution in [0, 0.1) is 0 Å². The molecule has 2 atom stereocenters. The standard InChI is InChI=1S/C27H36N10O9S3/c1-26(2,3)45-15(38)9-44-33-16(14-12-48-23(28)30-14)19(39)31-17-20(40)37-18(22(41)42)13(10-47-21(17)37)11-49-24-32-34-35-36(24)8-7-29-25(43)46-27(4,5)6/h12,17,21H,7-11H2,1-6H3,(H2,28,30)(H,29,43)(H,31,39)(H,41,42)/t17?,21-/m1/s1. The number of nitrogens with zero attached hydrogens (tertiary/aromatic N) is 7. The highest BCUT2D eigenvalue weighted by Gasteiger charge is 2.54. The maximum Gasteiger partial charge on any atom is 0.407 e. The largest absolute Gasteiger partial charge is 0.477 e. The van der Waals surface area contributed by atoms with Crippen molar-refractivity contribution in [3.8, 4) is 0 Å². The van der Waals surface area contributed by atoms with Gasteiger partial charge in [-0.1, -0.05) is 16.9 Å². The van der Waals surface area contributed by atoms with Gasteiger partial charge in [-0.15, -0.1) is 28.2 Å². The number of ether oxygens (including phenoxy) is 2. The van der Waals surface area contributed by atoms with Crippen molar-refractivity contribution < 1.29 is 43.4 Å². The second-order valence-electron chi connectivity index (χ2n) is 12.4. The Balaban J connectivity index is 1.40. The number of fused-ring (bicyclic) bond motifs is 1. The van der Waals surface area contributed by atoms with Gasteiger partial charge in [-0.3, -0.25) is 14.5 Å². The number of esters is 1. The Labute approximate surface area is 292 Å². The number of β-lactam (4-membered cyclic amide) rings is 1. The van der Waals surface area contributed by atoms with Crippen LogP contribution in [-0.4, -0.2) is 118 Å². The maximum atomic E-state index is 13.3. The molecule has 0 aromatic carbocycles. The van der Waals surface area contributed by atoms with Gasteiger partial charge in [-0.25, -0.2) is 24.0 Å². The van der Waals surface area contributed by atoms with E-state index in [0.717, 1.165) is 16.2 Å². The van der Waals surface area contributed by atoms with Gasteiger partial charge < -0.3 is 35.8 Å². The number of carbonyl (C=O) groups is 5. The number of anilines is 1. The summed E-state index contributed by atoms with van der Waals surface area (Å²) in [4.78, 5) is 73.2. The first-order valence-corrected chi connectivity index (χ1v) is 17.5. The first kappa shape index (κ1) is 37.4. The fourth-order valence-corrected chi connectivity index (χ4v) is 7.23. The number of rotatable bonds is 13. The molecule has 1 saturated heterocycles. The zero-order valence-corrected chi connectivity index (χ0v) is 29.9. The topological polar surface area (TPSA) is 255 Å². The number of amides is 3. The molecule has 49 heavy (non-hydrogen) atoms. The van der Waals surface area contributed by atoms with E-state index in [4.69, 9.17) is 20.0 Å². The van der Waals surface area contributed by atoms with Crippen LogP contribution >= 0.6 is 34.9 Å². The third kappa shape index (κ3) is 10.0. The minimum absolute atomic E-state index is 0.0532. The number of carboxylic acid groups (broad SMARTS) is 1. The number of thioether (sulfide) groups is 2. The van der Waals surface area contributed by atoms with Crippen molar-refractivity contribution >= 4 is 75.6 Å². The Bertz CT molecular complexity index is 1660. The predicted octanol–water partition coefficient (Wildman–Crippen LogP) is 0.830. The molecule has 3 amide bonds. The van der Waals surface area contributed by atoms with E-state index in [0.29, 0.717) is 10.7 Å². The number of nitrogen functional groups attached to an aromatic ring is 1. The molecule has 0 saturated carbocycles. The summed E-state index contributed by atoms with van der Waals surface area (Å²) in [5.74, 6) is -3.13. The second-order valence-corrected chi connectivity index (χ2v) is 15.3. The van der Waals surface area contributed by atoms with Crippen molar-refractivity contribution in [3.63, 3.8) is 0 Å². The van der Waals surface area contributed by atoms with E-state index in [1.807, 2.05) is 0 Å². The summed E-state index contributed by atoms with van der Waals surface area (Å²) in [5, 5.41) is 31.9. The normalized spacial score (nSPS) is 18.0. The number of nitrogens with one attached hydrogen (secondary N) is 2. The maximum absolute atomic E-state index is 13.3. The lowest BCUT2D eigenvalue weighted by Crippen LogP contribution is -2.71. The smallest absolute Gasteiger partial charge is 0.407 e. The highest BCUT2D eigenvalue weighted by atomic mass is 32.2. The zero-order valence-electron chi connectivity index (χ0n) is 27.4. The second kappa shape index (κ2) is 15.4. The lowest BCUT2D eigenvalue weighted by molar-refractivity contribution is -0.160. The fourth-order valence-electron chi connectivity index (χ4n) is 4.30. The average molecular weight is 741 g/mol. The molecule has 0 spiro atoms. The number of aliphatic carboxylic acids is 1. The van der Waals surface area contributed by atoms with Crippen LogP contribution in [0.5, 0.6) is 0 Å². The third-order valence-electron chi connectivity index (χ3n) is 6.14. The number of carbonyl (C=O) groups excluding carboxylic acids is 4. The van der Waals surface area contributed by atoms with Gasteiger partial charge in [0.2, 0.25) is 11.8 Å². The highest BCUT2D eigenvalue weighted by molar-refractivity contribution is 8.01. The van der Waals surface area contributed by atoms with E-state index >= 15 is 0 Å². The zero-order chi connectivity index (χ0) is 36.1. The van der Waals surface area contributed by atoms with Gasteiger partial charge in [-0.05, 0) is 57.5 Å². The summed E-state index contributed by atoms with van der Waals surface area (Å²) in [6.07, 6.45) is -0.587. The lowest BCUT2D eigenvalue weighted by atomic mass is 10.0. The molecule has 0 bridgehead atoms. The summed E-state index contributed by atoms with van der Waals surface area (Å²) >= 11 is 3.48. The Hall–Kier alpha value is -4.44. The summed E-state index contributed by atoms with van der Waals surface area (Å²) in [6.45, 7) is 10.1. The van der Waals surface area contributed by atoms with Crippen LogP contribution in [0.25, 0.3) is 0 Å². The third-order valence-corrected chi connectivity index (χ3v) is 9.20. The van der Waals surface area contributed by atoms with E-state index in [1.54, 1.807) is 41.5 Å². The Kier molecular flexibility index (Phi) is 11.8. The molecule has 2 aromatic rings. The number of nitrogens with two attached hydrogens (primary N) is 1. The summed E-state index contributed by atoms with van der Waals surface area (Å²) < 4.78 is 11.8. The summed E-state index contributed by atoms with van der Waals surface area (Å²) in [5.41, 5.74) is 4.29. The molecule has 5 N–H and O–H groups in total. The van der Waals surface area contributed by atoms with Gasteiger partial charge in [0.15, 0.2) is 10.8 Å². The van der Waals surface area contributed by atoms with E-state index in [9.17, 15) is 29.1 Å². The van der Waals surface area contributed by atoms with Crippen LogP contribution in [0.3, 0.4) is 0 Å². The monoisotopic (exact) mass is 740 g/mol. The number of hydrogen-bond acceptors (Lipinski definition) is 17. The van der Waals surface area contributed by atoms with Crippen LogP contribution in [0.1, 0.15) is 47.2 Å². The molecule has 1 fully saturated rings. The Morgan fingerprint density at radius 3 is 2.51 bits per heavy atom. The molecule has 4 heterocycles. The molecule has 19 nitrogen and oxygen atoms in total. The molecule has 266 valence electrons. The first-order chi connectivity index (χ1) is 22.9. The van der Waals surface area contributed by atoms with E-state index in [-0.39, 0.29) is 46.8 Å². The van der Waals surface area contributed by atoms with E-state index in [2.05, 4.69) is 36.3 Å². The van der Waals surface area contributed by atoms with Crippen molar-refractivity contribution in [1.82, 2.24) is 40.7 Å². The number of carboxylic acids is 1. The first-order valence-electron chi connectivity index (χ1n) is 14.6. The van der Waals surface area contributed by atoms with Crippen molar-refractivity contribution in [2.24, 2.45) is 5.16 Å². The number of oxime groups is 1. The molecular formula is C27H36N10O9S3. The molecule has 2 aromatic heterocycles. The van der Waals surface area contributed by atoms with Crippen molar-refractivity contribution in [3.05, 3.63) is 22.3 Å². The number of tetrazole rings is 1. The molecule has 1 unspecified atom stereocenters. The summed E-state index contributed by atoms with van der Waals surface area (Å²) in [7, 11) is 0. The Morgan fingerprint density at radius 2 is 1.88 bits per heavy atom. The van der Waals surface area contributed by atoms with Gasteiger partial charge in [0.1, 0.15) is 34.0 Å². The van der Waals surface area contributed by atoms with Crippen LogP contribution in [0.4, 0.5) is 9.93 Å². The molecule has 0 aliphatic carbocycles.